The molecule has 1 aliphatic carbocycles. The topological polar surface area (TPSA) is 114 Å². The quantitative estimate of drug-likeness (QED) is 0.215. The lowest BCUT2D eigenvalue weighted by molar-refractivity contribution is -0.137. The van der Waals surface area contributed by atoms with E-state index in [9.17, 15) is 14.4 Å². The number of carboxylic acid groups (broad SMARTS) is 1. The Morgan fingerprint density at radius 2 is 2.00 bits per heavy atom. The van der Waals surface area contributed by atoms with E-state index in [2.05, 4.69) is 10.3 Å². The van der Waals surface area contributed by atoms with E-state index in [1.807, 2.05) is 35.9 Å². The van der Waals surface area contributed by atoms with E-state index in [1.165, 1.54) is 17.4 Å². The van der Waals surface area contributed by atoms with Gasteiger partial charge in [-0.25, -0.2) is 9.37 Å². The monoisotopic (exact) mass is 638 g/mol. The van der Waals surface area contributed by atoms with Crippen molar-refractivity contribution in [1.29, 1.82) is 0 Å². The number of aryl methyl sites for hydroxylation is 2. The zero-order chi connectivity index (χ0) is 31.0. The van der Waals surface area contributed by atoms with Crippen LogP contribution in [0.5, 0.6) is 0 Å². The predicted molar refractivity (Wildman–Crippen MR) is 166 cm³/mol. The maximum absolute atomic E-state index is 15.4. The summed E-state index contributed by atoms with van der Waals surface area (Å²) in [7, 11) is 1.84. The predicted octanol–water partition coefficient (Wildman–Crippen LogP) is 6.15. The molecule has 0 unspecified atom stereocenters. The van der Waals surface area contributed by atoms with Gasteiger partial charge in [0.05, 0.1) is 47.4 Å². The fourth-order valence-electron chi connectivity index (χ4n) is 5.80. The Morgan fingerprint density at radius 3 is 2.75 bits per heavy atom. The molecular formula is C32H32ClFN4O5S. The number of aromatic nitrogens is 2. The van der Waals surface area contributed by atoms with E-state index in [1.54, 1.807) is 17.3 Å². The van der Waals surface area contributed by atoms with E-state index in [0.717, 1.165) is 41.1 Å². The number of carbonyl (C=O) groups is 3. The molecule has 2 fully saturated rings. The third kappa shape index (κ3) is 6.36. The standard InChI is InChI=1S/C32H32ClFN4O5S/c1-37-17-23(22-7-2-3-8-27(22)37)31(42)36-26-14-25(34)18(11-24(26)33)12-29(39)38-16-20(43-19-5-4-6-19)13-28(38)32-35-15-21(44-32)9-10-30(40)41/h2-3,7-8,11,14-15,17,19-20,28H,4-6,9-10,12-13,16H2,1H3,(H,36,42)(H,40,41)/t20-,28-/m0/s1. The molecule has 2 amide bonds. The van der Waals surface area contributed by atoms with Crippen LogP contribution in [0.15, 0.2) is 48.8 Å². The molecule has 230 valence electrons. The zero-order valence-corrected chi connectivity index (χ0v) is 25.7. The summed E-state index contributed by atoms with van der Waals surface area (Å²) >= 11 is 7.89. The van der Waals surface area contributed by atoms with E-state index in [0.29, 0.717) is 30.0 Å². The summed E-state index contributed by atoms with van der Waals surface area (Å²) in [6, 6.07) is 9.66. The molecule has 0 spiro atoms. The molecule has 1 saturated carbocycles. The maximum atomic E-state index is 15.4. The van der Waals surface area contributed by atoms with Gasteiger partial charge in [-0.1, -0.05) is 29.8 Å². The first-order valence-corrected chi connectivity index (χ1v) is 15.8. The van der Waals surface area contributed by atoms with Crippen LogP contribution in [0.3, 0.4) is 0 Å². The highest BCUT2D eigenvalue weighted by Gasteiger charge is 2.40. The number of aliphatic carboxylic acids is 1. The van der Waals surface area contributed by atoms with Gasteiger partial charge in [-0.3, -0.25) is 14.4 Å². The number of likely N-dealkylation sites (tertiary alicyclic amines) is 1. The van der Waals surface area contributed by atoms with Crippen molar-refractivity contribution in [2.45, 2.75) is 63.2 Å². The number of nitrogens with one attached hydrogen (secondary N) is 1. The first-order chi connectivity index (χ1) is 21.2. The van der Waals surface area contributed by atoms with Crippen molar-refractivity contribution in [3.8, 4) is 0 Å². The van der Waals surface area contributed by atoms with Crippen LogP contribution in [0.4, 0.5) is 10.1 Å². The first kappa shape index (κ1) is 30.2. The molecule has 2 aromatic carbocycles. The number of carboxylic acids is 1. The van der Waals surface area contributed by atoms with Crippen molar-refractivity contribution >= 4 is 57.3 Å². The molecule has 2 aliphatic rings. The second-order valence-electron chi connectivity index (χ2n) is 11.4. The van der Waals surface area contributed by atoms with Gasteiger partial charge in [-0.15, -0.1) is 11.3 Å². The van der Waals surface area contributed by atoms with Crippen molar-refractivity contribution in [3.05, 3.63) is 80.6 Å². The Balaban J connectivity index is 1.18. The molecule has 2 N–H and O–H groups in total. The Labute approximate surface area is 262 Å². The van der Waals surface area contributed by atoms with Crippen LogP contribution in [0.1, 0.15) is 64.0 Å². The van der Waals surface area contributed by atoms with Gasteiger partial charge >= 0.3 is 5.97 Å². The number of carbonyl (C=O) groups excluding carboxylic acids is 2. The largest absolute Gasteiger partial charge is 0.481 e. The Morgan fingerprint density at radius 1 is 1.20 bits per heavy atom. The normalized spacial score (nSPS) is 18.5. The molecule has 44 heavy (non-hydrogen) atoms. The van der Waals surface area contributed by atoms with Crippen LogP contribution >= 0.6 is 22.9 Å². The molecule has 6 rings (SSSR count). The Hall–Kier alpha value is -3.80. The van der Waals surface area contributed by atoms with Crippen molar-refractivity contribution in [1.82, 2.24) is 14.5 Å². The van der Waals surface area contributed by atoms with Crippen molar-refractivity contribution in [2.75, 3.05) is 11.9 Å². The van der Waals surface area contributed by atoms with E-state index in [-0.39, 0.29) is 53.3 Å². The number of fused-ring (bicyclic) bond motifs is 1. The number of benzene rings is 2. The van der Waals surface area contributed by atoms with Crippen LogP contribution in [0.2, 0.25) is 5.02 Å². The molecule has 2 aromatic heterocycles. The molecule has 4 aromatic rings. The number of halogens is 2. The number of para-hydroxylation sites is 1. The van der Waals surface area contributed by atoms with E-state index < -0.39 is 17.7 Å². The van der Waals surface area contributed by atoms with Gasteiger partial charge in [0, 0.05) is 48.2 Å². The van der Waals surface area contributed by atoms with Crippen molar-refractivity contribution < 1.29 is 28.6 Å². The van der Waals surface area contributed by atoms with Gasteiger partial charge in [-0.2, -0.15) is 0 Å². The van der Waals surface area contributed by atoms with Crippen LogP contribution in [0.25, 0.3) is 10.9 Å². The van der Waals surface area contributed by atoms with Crippen LogP contribution in [-0.4, -0.2) is 56.1 Å². The van der Waals surface area contributed by atoms with Crippen LogP contribution in [0, 0.1) is 5.82 Å². The van der Waals surface area contributed by atoms with Crippen LogP contribution in [-0.2, 0) is 34.2 Å². The molecule has 0 radical (unpaired) electrons. The maximum Gasteiger partial charge on any atom is 0.303 e. The number of rotatable bonds is 10. The lowest BCUT2D eigenvalue weighted by atomic mass is 9.96. The lowest BCUT2D eigenvalue weighted by Gasteiger charge is -2.28. The SMILES string of the molecule is Cn1cc(C(=O)Nc2cc(F)c(CC(=O)N3C[C@@H](OC4CCC4)C[C@H]3c3ncc(CCC(=O)O)s3)cc2Cl)c2ccccc21. The number of nitrogens with zero attached hydrogens (tertiary/aromatic N) is 3. The van der Waals surface area contributed by atoms with E-state index >= 15 is 4.39 Å². The fourth-order valence-corrected chi connectivity index (χ4v) is 7.08. The van der Waals surface area contributed by atoms with E-state index in [4.69, 9.17) is 21.4 Å². The third-order valence-electron chi connectivity index (χ3n) is 8.33. The van der Waals surface area contributed by atoms with Gasteiger partial charge < -0.3 is 24.6 Å². The molecule has 9 nitrogen and oxygen atoms in total. The average Bonchev–Trinajstić information content (AvgIpc) is 3.70. The highest BCUT2D eigenvalue weighted by atomic mass is 35.5. The summed E-state index contributed by atoms with van der Waals surface area (Å²) in [6.07, 6.45) is 7.22. The molecule has 2 atom stereocenters. The summed E-state index contributed by atoms with van der Waals surface area (Å²) < 4.78 is 23.5. The van der Waals surface area contributed by atoms with Gasteiger partial charge in [0.15, 0.2) is 0 Å². The van der Waals surface area contributed by atoms with Gasteiger partial charge in [0.1, 0.15) is 10.8 Å². The zero-order valence-electron chi connectivity index (χ0n) is 24.1. The molecule has 1 saturated heterocycles. The van der Waals surface area contributed by atoms with Gasteiger partial charge in [0.2, 0.25) is 5.91 Å². The highest BCUT2D eigenvalue weighted by molar-refractivity contribution is 7.11. The van der Waals surface area contributed by atoms with Gasteiger partial charge in [0.25, 0.3) is 5.91 Å². The first-order valence-electron chi connectivity index (χ1n) is 14.6. The molecule has 3 heterocycles. The summed E-state index contributed by atoms with van der Waals surface area (Å²) in [5.74, 6) is -2.25. The van der Waals surface area contributed by atoms with Gasteiger partial charge in [-0.05, 0) is 49.4 Å². The average molecular weight is 639 g/mol. The summed E-state index contributed by atoms with van der Waals surface area (Å²) in [4.78, 5) is 44.8. The van der Waals surface area contributed by atoms with Crippen molar-refractivity contribution in [3.63, 3.8) is 0 Å². The minimum absolute atomic E-state index is 0.000781. The minimum atomic E-state index is -0.883. The number of anilines is 1. The summed E-state index contributed by atoms with van der Waals surface area (Å²) in [5.41, 5.74) is 1.55. The van der Waals surface area contributed by atoms with Crippen LogP contribution < -0.4 is 5.32 Å². The number of ether oxygens (including phenoxy) is 1. The highest BCUT2D eigenvalue weighted by Crippen LogP contribution is 2.39. The van der Waals surface area contributed by atoms with Crippen molar-refractivity contribution in [2.24, 2.45) is 7.05 Å². The molecule has 1 aliphatic heterocycles. The number of thiazole rings is 1. The fraction of sp³-hybridized carbons (Fsp3) is 0.375. The second-order valence-corrected chi connectivity index (χ2v) is 12.9. The summed E-state index contributed by atoms with van der Waals surface area (Å²) in [6.45, 7) is 0.360. The third-order valence-corrected chi connectivity index (χ3v) is 9.80. The second kappa shape index (κ2) is 12.7. The smallest absolute Gasteiger partial charge is 0.303 e. The number of hydrogen-bond donors (Lipinski definition) is 2. The number of amides is 2. The summed E-state index contributed by atoms with van der Waals surface area (Å²) in [5, 5.41) is 13.3. The minimum Gasteiger partial charge on any atom is -0.481 e. The Kier molecular flexibility index (Phi) is 8.70. The molecule has 0 bridgehead atoms. The Bertz CT molecular complexity index is 1730. The molecule has 12 heteroatoms. The molecular weight excluding hydrogens is 607 g/mol. The number of hydrogen-bond acceptors (Lipinski definition) is 6. The lowest BCUT2D eigenvalue weighted by Crippen LogP contribution is -2.35.